The molecule has 0 spiro atoms. The van der Waals surface area contributed by atoms with E-state index in [1.54, 1.807) is 24.4 Å². The summed E-state index contributed by atoms with van der Waals surface area (Å²) in [6.07, 6.45) is 8.81. The predicted molar refractivity (Wildman–Crippen MR) is 132 cm³/mol. The summed E-state index contributed by atoms with van der Waals surface area (Å²) in [6.45, 7) is 3.97. The molecule has 0 radical (unpaired) electrons. The first kappa shape index (κ1) is 23.1. The third-order valence-electron chi connectivity index (χ3n) is 6.53. The number of nitrogens with two attached hydrogens (primary N) is 1. The Kier molecular flexibility index (Phi) is 6.74. The van der Waals surface area contributed by atoms with E-state index in [2.05, 4.69) is 15.0 Å². The van der Waals surface area contributed by atoms with Gasteiger partial charge in [-0.25, -0.2) is 0 Å². The third-order valence-corrected chi connectivity index (χ3v) is 7.18. The molecule has 0 aliphatic carbocycles. The number of hydrogen-bond donors (Lipinski definition) is 2. The molecule has 8 nitrogen and oxygen atoms in total. The van der Waals surface area contributed by atoms with Crippen LogP contribution >= 0.6 is 23.2 Å². The number of aromatic nitrogens is 3. The van der Waals surface area contributed by atoms with Crippen molar-refractivity contribution in [3.8, 4) is 5.75 Å². The Balaban J connectivity index is 1.26. The van der Waals surface area contributed by atoms with Gasteiger partial charge in [-0.3, -0.25) is 20.0 Å². The van der Waals surface area contributed by atoms with E-state index in [-0.39, 0.29) is 6.61 Å². The maximum absolute atomic E-state index is 8.76. The molecule has 1 aromatic carbocycles. The number of anilines is 1. The Labute approximate surface area is 208 Å². The summed E-state index contributed by atoms with van der Waals surface area (Å²) in [4.78, 5) is 6.46. The van der Waals surface area contributed by atoms with Gasteiger partial charge in [0.25, 0.3) is 0 Å². The molecule has 2 fully saturated rings. The normalized spacial score (nSPS) is 17.5. The fourth-order valence-electron chi connectivity index (χ4n) is 4.35. The van der Waals surface area contributed by atoms with Gasteiger partial charge in [0.05, 0.1) is 47.3 Å². The summed E-state index contributed by atoms with van der Waals surface area (Å²) in [6, 6.07) is 6.17. The lowest BCUT2D eigenvalue weighted by Crippen LogP contribution is -2.51. The Morgan fingerprint density at radius 3 is 2.53 bits per heavy atom. The third kappa shape index (κ3) is 4.77. The van der Waals surface area contributed by atoms with Crippen molar-refractivity contribution in [2.24, 2.45) is 0 Å². The van der Waals surface area contributed by atoms with Crippen LogP contribution in [0.15, 0.2) is 43.0 Å². The Morgan fingerprint density at radius 2 is 1.85 bits per heavy atom. The van der Waals surface area contributed by atoms with Gasteiger partial charge in [0.15, 0.2) is 0 Å². The van der Waals surface area contributed by atoms with Gasteiger partial charge < -0.3 is 15.2 Å². The van der Waals surface area contributed by atoms with Crippen molar-refractivity contribution in [1.29, 1.82) is 5.41 Å². The number of piperidine rings is 1. The minimum atomic E-state index is 0.181. The first-order valence-corrected chi connectivity index (χ1v) is 12.0. The van der Waals surface area contributed by atoms with E-state index < -0.39 is 0 Å². The second-order valence-electron chi connectivity index (χ2n) is 8.66. The van der Waals surface area contributed by atoms with Crippen LogP contribution in [-0.2, 0) is 11.3 Å². The smallest absolute Gasteiger partial charge is 0.120 e. The highest BCUT2D eigenvalue weighted by atomic mass is 35.5. The molecule has 3 N–H and O–H groups in total. The molecule has 178 valence electrons. The fourth-order valence-corrected chi connectivity index (χ4v) is 4.82. The molecule has 10 heteroatoms. The number of pyridine rings is 1. The molecule has 5 rings (SSSR count). The standard InChI is InChI=1S/C24H26Cl2N6O2/c25-21-9-29-10-22(26)20(21)14-34-18-1-2-23(27)19(7-18)24(28)15-8-30-32(11-15)16-3-5-31(6-4-16)17-12-33-13-17/h1-2,7-11,16-17,28H,3-6,12-14,27H2. The van der Waals surface area contributed by atoms with E-state index in [0.29, 0.717) is 50.4 Å². The van der Waals surface area contributed by atoms with E-state index >= 15 is 0 Å². The molecule has 4 heterocycles. The molecule has 0 saturated carbocycles. The van der Waals surface area contributed by atoms with Gasteiger partial charge >= 0.3 is 0 Å². The zero-order valence-electron chi connectivity index (χ0n) is 18.6. The summed E-state index contributed by atoms with van der Waals surface area (Å²) >= 11 is 12.4. The molecule has 2 aliphatic rings. The van der Waals surface area contributed by atoms with Gasteiger partial charge in [0.1, 0.15) is 12.4 Å². The molecular weight excluding hydrogens is 475 g/mol. The van der Waals surface area contributed by atoms with Crippen LogP contribution in [0.2, 0.25) is 10.0 Å². The van der Waals surface area contributed by atoms with Crippen molar-refractivity contribution in [2.75, 3.05) is 32.0 Å². The SMILES string of the molecule is N=C(c1cnn(C2CCN(C3COC3)CC2)c1)c1cc(OCc2c(Cl)cncc2Cl)ccc1N. The van der Waals surface area contributed by atoms with Crippen molar-refractivity contribution >= 4 is 34.6 Å². The van der Waals surface area contributed by atoms with Crippen LogP contribution in [0.5, 0.6) is 5.75 Å². The molecular formula is C24H26Cl2N6O2. The van der Waals surface area contributed by atoms with Crippen LogP contribution in [0.1, 0.15) is 35.6 Å². The molecule has 0 unspecified atom stereocenters. The highest BCUT2D eigenvalue weighted by Crippen LogP contribution is 2.29. The largest absolute Gasteiger partial charge is 0.489 e. The summed E-state index contributed by atoms with van der Waals surface area (Å²) in [7, 11) is 0. The minimum absolute atomic E-state index is 0.181. The van der Waals surface area contributed by atoms with Crippen molar-refractivity contribution in [2.45, 2.75) is 31.5 Å². The topological polar surface area (TPSA) is 102 Å². The van der Waals surface area contributed by atoms with Gasteiger partial charge in [-0.05, 0) is 31.0 Å². The molecule has 2 aliphatic heterocycles. The highest BCUT2D eigenvalue weighted by Gasteiger charge is 2.30. The van der Waals surface area contributed by atoms with Gasteiger partial charge in [0.2, 0.25) is 0 Å². The molecule has 2 aromatic heterocycles. The van der Waals surface area contributed by atoms with Gasteiger partial charge in [0, 0.05) is 54.1 Å². The molecule has 3 aromatic rings. The summed E-state index contributed by atoms with van der Waals surface area (Å²) < 4.78 is 13.2. The minimum Gasteiger partial charge on any atom is -0.489 e. The number of halogens is 2. The molecule has 0 atom stereocenters. The first-order valence-electron chi connectivity index (χ1n) is 11.2. The quantitative estimate of drug-likeness (QED) is 0.372. The lowest BCUT2D eigenvalue weighted by Gasteiger charge is -2.41. The molecule has 34 heavy (non-hydrogen) atoms. The van der Waals surface area contributed by atoms with E-state index in [4.69, 9.17) is 43.8 Å². The van der Waals surface area contributed by atoms with Crippen molar-refractivity contribution in [3.63, 3.8) is 0 Å². The number of ether oxygens (including phenoxy) is 2. The monoisotopic (exact) mass is 500 g/mol. The fraction of sp³-hybridized carbons (Fsp3) is 0.375. The Morgan fingerprint density at radius 1 is 1.12 bits per heavy atom. The first-order chi connectivity index (χ1) is 16.5. The Bertz CT molecular complexity index is 1170. The maximum Gasteiger partial charge on any atom is 0.120 e. The molecule has 0 amide bonds. The van der Waals surface area contributed by atoms with Crippen molar-refractivity contribution in [3.05, 3.63) is 69.7 Å². The maximum atomic E-state index is 8.76. The number of nitrogen functional groups attached to an aromatic ring is 1. The van der Waals surface area contributed by atoms with Crippen LogP contribution in [0.4, 0.5) is 5.69 Å². The van der Waals surface area contributed by atoms with Crippen LogP contribution in [0, 0.1) is 5.41 Å². The number of nitrogens with zero attached hydrogens (tertiary/aromatic N) is 4. The average molecular weight is 501 g/mol. The molecule has 0 bridgehead atoms. The second-order valence-corrected chi connectivity index (χ2v) is 9.48. The van der Waals surface area contributed by atoms with Crippen molar-refractivity contribution < 1.29 is 9.47 Å². The van der Waals surface area contributed by atoms with Crippen LogP contribution in [0.25, 0.3) is 0 Å². The zero-order chi connectivity index (χ0) is 23.7. The van der Waals surface area contributed by atoms with Gasteiger partial charge in [-0.1, -0.05) is 23.2 Å². The highest BCUT2D eigenvalue weighted by molar-refractivity contribution is 6.35. The number of rotatable bonds is 7. The summed E-state index contributed by atoms with van der Waals surface area (Å²) in [5, 5.41) is 14.2. The zero-order valence-corrected chi connectivity index (χ0v) is 20.1. The summed E-state index contributed by atoms with van der Waals surface area (Å²) in [5.74, 6) is 0.567. The predicted octanol–water partition coefficient (Wildman–Crippen LogP) is 4.20. The number of likely N-dealkylation sites (tertiary alicyclic amines) is 1. The van der Waals surface area contributed by atoms with Crippen molar-refractivity contribution in [1.82, 2.24) is 19.7 Å². The van der Waals surface area contributed by atoms with Crippen LogP contribution < -0.4 is 10.5 Å². The van der Waals surface area contributed by atoms with E-state index in [9.17, 15) is 0 Å². The Hall–Kier alpha value is -2.65. The van der Waals surface area contributed by atoms with E-state index in [1.165, 1.54) is 12.4 Å². The van der Waals surface area contributed by atoms with E-state index in [0.717, 1.165) is 44.7 Å². The number of nitrogens with one attached hydrogen (secondary N) is 1. The van der Waals surface area contributed by atoms with Crippen LogP contribution in [-0.4, -0.2) is 57.7 Å². The number of hydrogen-bond acceptors (Lipinski definition) is 7. The lowest BCUT2D eigenvalue weighted by atomic mass is 10.0. The van der Waals surface area contributed by atoms with Crippen LogP contribution in [0.3, 0.4) is 0 Å². The van der Waals surface area contributed by atoms with Gasteiger partial charge in [-0.2, -0.15) is 5.10 Å². The second kappa shape index (κ2) is 9.92. The lowest BCUT2D eigenvalue weighted by molar-refractivity contribution is -0.0734. The van der Waals surface area contributed by atoms with Gasteiger partial charge in [-0.15, -0.1) is 0 Å². The van der Waals surface area contributed by atoms with E-state index in [1.807, 2.05) is 10.9 Å². The molecule has 2 saturated heterocycles. The average Bonchev–Trinajstić information content (AvgIpc) is 3.29. The number of benzene rings is 1. The summed E-state index contributed by atoms with van der Waals surface area (Å²) in [5.41, 5.74) is 8.97.